The lowest BCUT2D eigenvalue weighted by Crippen LogP contribution is -2.33. The van der Waals surface area contributed by atoms with Gasteiger partial charge in [0.1, 0.15) is 23.2 Å². The van der Waals surface area contributed by atoms with E-state index < -0.39 is 6.17 Å². The highest BCUT2D eigenvalue weighted by molar-refractivity contribution is 7.25. The number of nitrogens with one attached hydrogen (secondary N) is 1. The first-order valence-electron chi connectivity index (χ1n) is 20.2. The Bertz CT molecular complexity index is 3510. The molecule has 60 heavy (non-hydrogen) atoms. The van der Waals surface area contributed by atoms with Crippen molar-refractivity contribution in [1.29, 1.82) is 0 Å². The summed E-state index contributed by atoms with van der Waals surface area (Å²) in [5.74, 6) is 1.41. The van der Waals surface area contributed by atoms with Crippen molar-refractivity contribution in [3.63, 3.8) is 0 Å². The van der Waals surface area contributed by atoms with Crippen LogP contribution in [0.5, 0.6) is 0 Å². The number of rotatable bonds is 6. The summed E-state index contributed by atoms with van der Waals surface area (Å²) in [5.41, 5.74) is 11.4. The number of fused-ring (bicyclic) bond motifs is 7. The van der Waals surface area contributed by atoms with E-state index in [0.717, 1.165) is 83.1 Å². The Balaban J connectivity index is 1.09. The smallest absolute Gasteiger partial charge is 0.159 e. The molecule has 1 N–H and O–H groups in total. The van der Waals surface area contributed by atoms with Gasteiger partial charge in [-0.2, -0.15) is 0 Å². The zero-order chi connectivity index (χ0) is 39.6. The SMILES string of the molecule is c1ccc(-c2ccc(C3=NC(c4ccc5sc6ccccc6c5c4)NC(c4cc(-c5ccccc5-c5ccccc5)cc5oc6cc7ccccc7cc6c45)=N3)cc2)cc1. The largest absolute Gasteiger partial charge is 0.456 e. The maximum Gasteiger partial charge on any atom is 0.159 e. The molecular formula is C55H35N3OS. The number of hydrogen-bond acceptors (Lipinski definition) is 5. The molecular weight excluding hydrogens is 751 g/mol. The minimum atomic E-state index is -0.404. The Morgan fingerprint density at radius 2 is 1.07 bits per heavy atom. The van der Waals surface area contributed by atoms with Crippen molar-refractivity contribution < 1.29 is 4.42 Å². The third-order valence-electron chi connectivity index (χ3n) is 11.7. The zero-order valence-corrected chi connectivity index (χ0v) is 33.2. The van der Waals surface area contributed by atoms with E-state index in [2.05, 4.69) is 199 Å². The summed E-state index contributed by atoms with van der Waals surface area (Å²) in [6, 6.07) is 71.0. The summed E-state index contributed by atoms with van der Waals surface area (Å²) in [5, 5.41) is 10.7. The van der Waals surface area contributed by atoms with Crippen LogP contribution >= 0.6 is 11.3 Å². The maximum atomic E-state index is 6.85. The lowest BCUT2D eigenvalue weighted by Gasteiger charge is -2.24. The number of thiophene rings is 1. The summed E-state index contributed by atoms with van der Waals surface area (Å²) in [7, 11) is 0. The molecule has 2 aromatic heterocycles. The Morgan fingerprint density at radius 3 is 1.87 bits per heavy atom. The summed E-state index contributed by atoms with van der Waals surface area (Å²) >= 11 is 1.82. The predicted octanol–water partition coefficient (Wildman–Crippen LogP) is 14.6. The van der Waals surface area contributed by atoms with Gasteiger partial charge < -0.3 is 9.73 Å². The highest BCUT2D eigenvalue weighted by atomic mass is 32.1. The molecule has 0 saturated carbocycles. The summed E-state index contributed by atoms with van der Waals surface area (Å²) in [6.45, 7) is 0. The van der Waals surface area contributed by atoms with E-state index in [1.165, 1.54) is 25.7 Å². The number of furan rings is 1. The van der Waals surface area contributed by atoms with Gasteiger partial charge in [-0.25, -0.2) is 9.98 Å². The first kappa shape index (κ1) is 34.4. The van der Waals surface area contributed by atoms with Crippen LogP contribution in [-0.2, 0) is 0 Å². The fraction of sp³-hybridized carbons (Fsp3) is 0.0182. The molecule has 1 atom stereocenters. The molecule has 9 aromatic carbocycles. The fourth-order valence-electron chi connectivity index (χ4n) is 8.78. The van der Waals surface area contributed by atoms with Gasteiger partial charge in [0.05, 0.1) is 0 Å². The van der Waals surface area contributed by atoms with E-state index in [-0.39, 0.29) is 0 Å². The molecule has 0 radical (unpaired) electrons. The van der Waals surface area contributed by atoms with Gasteiger partial charge in [-0.05, 0) is 92.2 Å². The fourth-order valence-corrected chi connectivity index (χ4v) is 9.87. The van der Waals surface area contributed by atoms with Crippen LogP contribution in [0.2, 0.25) is 0 Å². The number of nitrogens with zero attached hydrogens (tertiary/aromatic N) is 2. The number of benzene rings is 9. The Labute approximate surface area is 350 Å². The molecule has 3 heterocycles. The monoisotopic (exact) mass is 785 g/mol. The summed E-state index contributed by atoms with van der Waals surface area (Å²) in [4.78, 5) is 10.8. The van der Waals surface area contributed by atoms with E-state index in [4.69, 9.17) is 14.4 Å². The van der Waals surface area contributed by atoms with Gasteiger partial charge in [0.2, 0.25) is 0 Å². The van der Waals surface area contributed by atoms with E-state index in [0.29, 0.717) is 5.84 Å². The summed E-state index contributed by atoms with van der Waals surface area (Å²) < 4.78 is 9.38. The van der Waals surface area contributed by atoms with Crippen molar-refractivity contribution in [3.05, 3.63) is 217 Å². The first-order valence-corrected chi connectivity index (χ1v) is 21.1. The highest BCUT2D eigenvalue weighted by Gasteiger charge is 2.26. The molecule has 282 valence electrons. The normalized spacial score (nSPS) is 14.2. The van der Waals surface area contributed by atoms with Crippen LogP contribution < -0.4 is 5.32 Å². The average molecular weight is 786 g/mol. The van der Waals surface area contributed by atoms with E-state index in [1.807, 2.05) is 17.4 Å². The lowest BCUT2D eigenvalue weighted by atomic mass is 9.92. The molecule has 5 heteroatoms. The van der Waals surface area contributed by atoms with Crippen LogP contribution in [0.1, 0.15) is 22.9 Å². The Morgan fingerprint density at radius 1 is 0.433 bits per heavy atom. The second kappa shape index (κ2) is 14.0. The lowest BCUT2D eigenvalue weighted by molar-refractivity contribution is 0.668. The topological polar surface area (TPSA) is 49.9 Å². The average Bonchev–Trinajstić information content (AvgIpc) is 3.88. The first-order chi connectivity index (χ1) is 29.7. The van der Waals surface area contributed by atoms with Crippen molar-refractivity contribution in [2.45, 2.75) is 6.17 Å². The third-order valence-corrected chi connectivity index (χ3v) is 12.9. The van der Waals surface area contributed by atoms with Crippen LogP contribution in [-0.4, -0.2) is 11.7 Å². The number of aliphatic imine (C=N–C) groups is 2. The standard InChI is InChI=1S/C55H35N3OS/c1-3-13-34(14-4-1)35-23-25-37(26-24-35)53-56-54(40-27-28-51-45(30-40)44-21-11-12-22-50(44)60-51)58-55(57-53)47-31-41(43-20-10-9-19-42(43)36-15-5-2-6-16-36)33-49-52(47)46-29-38-17-7-8-18-39(38)32-48(46)59-49/h1-33,54H,(H,56,57,58). The molecule has 1 aliphatic heterocycles. The molecule has 1 unspecified atom stereocenters. The Kier molecular flexibility index (Phi) is 8.06. The second-order valence-electron chi connectivity index (χ2n) is 15.4. The van der Waals surface area contributed by atoms with Crippen molar-refractivity contribution >= 4 is 75.9 Å². The van der Waals surface area contributed by atoms with Crippen LogP contribution in [0.3, 0.4) is 0 Å². The van der Waals surface area contributed by atoms with Gasteiger partial charge in [-0.1, -0.05) is 158 Å². The molecule has 11 aromatic rings. The minimum Gasteiger partial charge on any atom is -0.456 e. The van der Waals surface area contributed by atoms with Crippen LogP contribution in [0.25, 0.3) is 86.3 Å². The second-order valence-corrected chi connectivity index (χ2v) is 16.4. The quantitative estimate of drug-likeness (QED) is 0.183. The van der Waals surface area contributed by atoms with E-state index >= 15 is 0 Å². The zero-order valence-electron chi connectivity index (χ0n) is 32.3. The van der Waals surface area contributed by atoms with Gasteiger partial charge in [0, 0.05) is 42.1 Å². The number of amidine groups is 2. The molecule has 0 fully saturated rings. The third kappa shape index (κ3) is 5.90. The van der Waals surface area contributed by atoms with Gasteiger partial charge in [-0.15, -0.1) is 11.3 Å². The minimum absolute atomic E-state index is 0.404. The van der Waals surface area contributed by atoms with Crippen molar-refractivity contribution in [2.24, 2.45) is 9.98 Å². The van der Waals surface area contributed by atoms with Crippen molar-refractivity contribution in [3.8, 4) is 33.4 Å². The summed E-state index contributed by atoms with van der Waals surface area (Å²) in [6.07, 6.45) is -0.404. The van der Waals surface area contributed by atoms with Gasteiger partial charge in [0.15, 0.2) is 5.84 Å². The predicted molar refractivity (Wildman–Crippen MR) is 252 cm³/mol. The molecule has 0 bridgehead atoms. The van der Waals surface area contributed by atoms with E-state index in [9.17, 15) is 0 Å². The molecule has 1 aliphatic rings. The van der Waals surface area contributed by atoms with E-state index in [1.54, 1.807) is 0 Å². The maximum absolute atomic E-state index is 6.85. The van der Waals surface area contributed by atoms with Crippen LogP contribution in [0.15, 0.2) is 215 Å². The molecule has 0 saturated heterocycles. The molecule has 12 rings (SSSR count). The molecule has 0 amide bonds. The molecule has 0 aliphatic carbocycles. The van der Waals surface area contributed by atoms with Gasteiger partial charge in [0.25, 0.3) is 0 Å². The van der Waals surface area contributed by atoms with Crippen LogP contribution in [0.4, 0.5) is 0 Å². The molecule has 0 spiro atoms. The Hall–Kier alpha value is -7.60. The van der Waals surface area contributed by atoms with Crippen molar-refractivity contribution in [2.75, 3.05) is 0 Å². The van der Waals surface area contributed by atoms with Crippen molar-refractivity contribution in [1.82, 2.24) is 5.32 Å². The highest BCUT2D eigenvalue weighted by Crippen LogP contribution is 2.41. The van der Waals surface area contributed by atoms with Gasteiger partial charge >= 0.3 is 0 Å². The van der Waals surface area contributed by atoms with Crippen LogP contribution in [0, 0.1) is 0 Å². The van der Waals surface area contributed by atoms with Gasteiger partial charge in [-0.3, -0.25) is 0 Å². The molecule has 4 nitrogen and oxygen atoms in total. The number of hydrogen-bond donors (Lipinski definition) is 1.